The van der Waals surface area contributed by atoms with Crippen LogP contribution in [0.2, 0.25) is 0 Å². The second-order valence-corrected chi connectivity index (χ2v) is 4.68. The SMILES string of the molecule is CCCC(NC(C)c1ccc(OC(F)(F)F)cc1)C(=O)O. The lowest BCUT2D eigenvalue weighted by Crippen LogP contribution is -2.38. The molecule has 0 aliphatic rings. The van der Waals surface area contributed by atoms with E-state index in [0.717, 1.165) is 6.42 Å². The van der Waals surface area contributed by atoms with Crippen LogP contribution in [0, 0.1) is 0 Å². The molecule has 2 atom stereocenters. The van der Waals surface area contributed by atoms with E-state index in [1.165, 1.54) is 24.3 Å². The van der Waals surface area contributed by atoms with E-state index in [9.17, 15) is 18.0 Å². The fraction of sp³-hybridized carbons (Fsp3) is 0.500. The Balaban J connectivity index is 2.70. The van der Waals surface area contributed by atoms with Crippen LogP contribution in [0.5, 0.6) is 5.75 Å². The average Bonchev–Trinajstić information content (AvgIpc) is 2.36. The van der Waals surface area contributed by atoms with Gasteiger partial charge in [0.15, 0.2) is 0 Å². The van der Waals surface area contributed by atoms with Crippen LogP contribution in [0.4, 0.5) is 13.2 Å². The van der Waals surface area contributed by atoms with Crippen molar-refractivity contribution in [2.24, 2.45) is 0 Å². The summed E-state index contributed by atoms with van der Waals surface area (Å²) in [5, 5.41) is 12.0. The van der Waals surface area contributed by atoms with E-state index in [4.69, 9.17) is 5.11 Å². The number of carboxylic acid groups (broad SMARTS) is 1. The van der Waals surface area contributed by atoms with Crippen LogP contribution in [0.3, 0.4) is 0 Å². The third-order valence-corrected chi connectivity index (χ3v) is 2.94. The van der Waals surface area contributed by atoms with Crippen molar-refractivity contribution in [1.82, 2.24) is 5.32 Å². The zero-order chi connectivity index (χ0) is 16.0. The molecule has 2 N–H and O–H groups in total. The number of aliphatic carboxylic acids is 1. The Hall–Kier alpha value is -1.76. The average molecular weight is 305 g/mol. The van der Waals surface area contributed by atoms with E-state index in [0.29, 0.717) is 12.0 Å². The van der Waals surface area contributed by atoms with Gasteiger partial charge in [0.1, 0.15) is 11.8 Å². The summed E-state index contributed by atoms with van der Waals surface area (Å²) >= 11 is 0. The van der Waals surface area contributed by atoms with Gasteiger partial charge in [0.2, 0.25) is 0 Å². The molecule has 118 valence electrons. The van der Waals surface area contributed by atoms with Crippen molar-refractivity contribution in [2.45, 2.75) is 45.1 Å². The molecule has 0 heterocycles. The van der Waals surface area contributed by atoms with Gasteiger partial charge in [-0.2, -0.15) is 0 Å². The predicted molar refractivity (Wildman–Crippen MR) is 71.0 cm³/mol. The van der Waals surface area contributed by atoms with Crippen LogP contribution in [0.15, 0.2) is 24.3 Å². The summed E-state index contributed by atoms with van der Waals surface area (Å²) in [5.41, 5.74) is 0.687. The number of rotatable bonds is 7. The topological polar surface area (TPSA) is 58.6 Å². The summed E-state index contributed by atoms with van der Waals surface area (Å²) in [6.45, 7) is 3.64. The zero-order valence-corrected chi connectivity index (χ0v) is 11.8. The highest BCUT2D eigenvalue weighted by molar-refractivity contribution is 5.73. The van der Waals surface area contributed by atoms with Gasteiger partial charge in [-0.05, 0) is 31.0 Å². The minimum Gasteiger partial charge on any atom is -0.480 e. The van der Waals surface area contributed by atoms with Crippen LogP contribution < -0.4 is 10.1 Å². The van der Waals surface area contributed by atoms with E-state index in [1.54, 1.807) is 6.92 Å². The van der Waals surface area contributed by atoms with Crippen molar-refractivity contribution in [3.05, 3.63) is 29.8 Å². The van der Waals surface area contributed by atoms with Crippen LogP contribution >= 0.6 is 0 Å². The minimum absolute atomic E-state index is 0.294. The van der Waals surface area contributed by atoms with Gasteiger partial charge < -0.3 is 9.84 Å². The van der Waals surface area contributed by atoms with E-state index in [-0.39, 0.29) is 11.8 Å². The van der Waals surface area contributed by atoms with Crippen molar-refractivity contribution in [3.8, 4) is 5.75 Å². The number of hydrogen-bond donors (Lipinski definition) is 2. The van der Waals surface area contributed by atoms with Crippen molar-refractivity contribution < 1.29 is 27.8 Å². The molecule has 0 aliphatic carbocycles. The zero-order valence-electron chi connectivity index (χ0n) is 11.8. The second-order valence-electron chi connectivity index (χ2n) is 4.68. The Morgan fingerprint density at radius 1 is 1.33 bits per heavy atom. The van der Waals surface area contributed by atoms with Crippen molar-refractivity contribution in [2.75, 3.05) is 0 Å². The lowest BCUT2D eigenvalue weighted by atomic mass is 10.1. The first-order valence-electron chi connectivity index (χ1n) is 6.57. The monoisotopic (exact) mass is 305 g/mol. The fourth-order valence-corrected chi connectivity index (χ4v) is 1.92. The molecule has 0 fully saturated rings. The van der Waals surface area contributed by atoms with Gasteiger partial charge in [-0.15, -0.1) is 13.2 Å². The van der Waals surface area contributed by atoms with Crippen LogP contribution in [0.1, 0.15) is 38.3 Å². The van der Waals surface area contributed by atoms with Gasteiger partial charge in [0, 0.05) is 6.04 Å². The third kappa shape index (κ3) is 6.03. The normalized spacial score (nSPS) is 14.5. The molecule has 1 aromatic rings. The highest BCUT2D eigenvalue weighted by Gasteiger charge is 2.31. The van der Waals surface area contributed by atoms with Gasteiger partial charge in [-0.3, -0.25) is 10.1 Å². The van der Waals surface area contributed by atoms with Gasteiger partial charge >= 0.3 is 12.3 Å². The highest BCUT2D eigenvalue weighted by atomic mass is 19.4. The molecule has 0 bridgehead atoms. The molecule has 4 nitrogen and oxygen atoms in total. The Morgan fingerprint density at radius 3 is 2.33 bits per heavy atom. The molecular weight excluding hydrogens is 287 g/mol. The largest absolute Gasteiger partial charge is 0.573 e. The molecule has 0 radical (unpaired) electrons. The maximum atomic E-state index is 12.0. The summed E-state index contributed by atoms with van der Waals surface area (Å²) in [6, 6.07) is 4.38. The van der Waals surface area contributed by atoms with E-state index >= 15 is 0 Å². The molecule has 0 saturated carbocycles. The number of alkyl halides is 3. The lowest BCUT2D eigenvalue weighted by molar-refractivity contribution is -0.274. The fourth-order valence-electron chi connectivity index (χ4n) is 1.92. The molecule has 0 spiro atoms. The first-order valence-corrected chi connectivity index (χ1v) is 6.57. The highest BCUT2D eigenvalue weighted by Crippen LogP contribution is 2.24. The first kappa shape index (κ1) is 17.3. The standard InChI is InChI=1S/C14H18F3NO3/c1-3-4-12(13(19)20)18-9(2)10-5-7-11(8-6-10)21-14(15,16)17/h5-9,12,18H,3-4H2,1-2H3,(H,19,20). The van der Waals surface area contributed by atoms with Crippen molar-refractivity contribution >= 4 is 5.97 Å². The predicted octanol–water partition coefficient (Wildman–Crippen LogP) is 3.49. The summed E-state index contributed by atoms with van der Waals surface area (Å²) in [7, 11) is 0. The van der Waals surface area contributed by atoms with Crippen LogP contribution in [-0.4, -0.2) is 23.5 Å². The molecule has 0 aromatic heterocycles. The number of halogens is 3. The Kier molecular flexibility index (Phi) is 6.02. The number of carbonyl (C=O) groups is 1. The minimum atomic E-state index is -4.72. The second kappa shape index (κ2) is 7.31. The van der Waals surface area contributed by atoms with Gasteiger partial charge in [-0.25, -0.2) is 0 Å². The molecule has 2 unspecified atom stereocenters. The van der Waals surface area contributed by atoms with Crippen molar-refractivity contribution in [1.29, 1.82) is 0 Å². The molecule has 7 heteroatoms. The summed E-state index contributed by atoms with van der Waals surface area (Å²) in [4.78, 5) is 11.1. The maximum Gasteiger partial charge on any atom is 0.573 e. The maximum absolute atomic E-state index is 12.0. The number of carboxylic acids is 1. The van der Waals surface area contributed by atoms with Gasteiger partial charge in [0.25, 0.3) is 0 Å². The number of hydrogen-bond acceptors (Lipinski definition) is 3. The molecule has 0 saturated heterocycles. The van der Waals surface area contributed by atoms with Gasteiger partial charge in [0.05, 0.1) is 0 Å². The summed E-state index contributed by atoms with van der Waals surface area (Å²) in [5.74, 6) is -1.25. The molecule has 0 amide bonds. The summed E-state index contributed by atoms with van der Waals surface area (Å²) in [6.07, 6.45) is -3.52. The van der Waals surface area contributed by atoms with Crippen LogP contribution in [-0.2, 0) is 4.79 Å². The molecule has 1 aromatic carbocycles. The van der Waals surface area contributed by atoms with E-state index in [1.807, 2.05) is 6.92 Å². The smallest absolute Gasteiger partial charge is 0.480 e. The summed E-state index contributed by atoms with van der Waals surface area (Å²) < 4.78 is 39.9. The van der Waals surface area contributed by atoms with Crippen LogP contribution in [0.25, 0.3) is 0 Å². The Morgan fingerprint density at radius 2 is 1.90 bits per heavy atom. The number of ether oxygens (including phenoxy) is 1. The molecule has 21 heavy (non-hydrogen) atoms. The quantitative estimate of drug-likeness (QED) is 0.809. The molecule has 0 aliphatic heterocycles. The third-order valence-electron chi connectivity index (χ3n) is 2.94. The van der Waals surface area contributed by atoms with Gasteiger partial charge in [-0.1, -0.05) is 25.5 Å². The lowest BCUT2D eigenvalue weighted by Gasteiger charge is -2.20. The number of nitrogens with one attached hydrogen (secondary N) is 1. The number of benzene rings is 1. The van der Waals surface area contributed by atoms with E-state index < -0.39 is 18.4 Å². The van der Waals surface area contributed by atoms with Crippen molar-refractivity contribution in [3.63, 3.8) is 0 Å². The van der Waals surface area contributed by atoms with E-state index in [2.05, 4.69) is 10.1 Å². The Labute approximate surface area is 120 Å². The molecule has 1 rings (SSSR count). The molecular formula is C14H18F3NO3. The Bertz CT molecular complexity index is 460. The first-order chi connectivity index (χ1) is 9.73.